The van der Waals surface area contributed by atoms with Gasteiger partial charge >= 0.3 is 5.97 Å². The molecular weight excluding hydrogens is 242 g/mol. The van der Waals surface area contributed by atoms with E-state index in [0.29, 0.717) is 18.8 Å². The smallest absolute Gasteiger partial charge is 0.328 e. The predicted octanol–water partition coefficient (Wildman–Crippen LogP) is 0.357. The van der Waals surface area contributed by atoms with E-state index in [0.717, 1.165) is 19.3 Å². The third-order valence-corrected chi connectivity index (χ3v) is 3.87. The first-order valence-corrected chi connectivity index (χ1v) is 7.43. The number of carbonyl (C=O) groups excluding carboxylic acids is 2. The highest BCUT2D eigenvalue weighted by Gasteiger charge is 2.28. The second kappa shape index (κ2) is 7.42. The Morgan fingerprint density at radius 3 is 2.88 bits per heavy atom. The molecule has 0 aromatic heterocycles. The summed E-state index contributed by atoms with van der Waals surface area (Å²) in [7, 11) is -1.13. The van der Waals surface area contributed by atoms with Crippen LogP contribution in [0.3, 0.4) is 0 Å². The Bertz CT molecular complexity index is 306. The van der Waals surface area contributed by atoms with Crippen LogP contribution in [0.5, 0.6) is 0 Å². The zero-order chi connectivity index (χ0) is 12.7. The van der Waals surface area contributed by atoms with E-state index in [4.69, 9.17) is 4.74 Å². The average Bonchev–Trinajstić information content (AvgIpc) is 2.64. The summed E-state index contributed by atoms with van der Waals surface area (Å²) < 4.78 is 16.2. The number of hydrogen-bond acceptors (Lipinski definition) is 4. The highest BCUT2D eigenvalue weighted by atomic mass is 32.2. The van der Waals surface area contributed by atoms with Gasteiger partial charge < -0.3 is 10.1 Å². The van der Waals surface area contributed by atoms with Crippen LogP contribution in [0.2, 0.25) is 0 Å². The van der Waals surface area contributed by atoms with Gasteiger partial charge in [0.1, 0.15) is 11.8 Å². The molecule has 17 heavy (non-hydrogen) atoms. The number of unbranched alkanes of at least 4 members (excludes halogenated alkanes) is 2. The van der Waals surface area contributed by atoms with Crippen molar-refractivity contribution in [3.8, 4) is 0 Å². The summed E-state index contributed by atoms with van der Waals surface area (Å²) in [6, 6.07) is -0.546. The summed E-state index contributed by atoms with van der Waals surface area (Å²) in [5, 5.41) is 2.54. The summed E-state index contributed by atoms with van der Waals surface area (Å²) in [5.74, 6) is -0.192. The van der Waals surface area contributed by atoms with Crippen LogP contribution in [0.1, 0.15) is 32.6 Å². The van der Waals surface area contributed by atoms with E-state index >= 15 is 0 Å². The van der Waals surface area contributed by atoms with Gasteiger partial charge in [-0.3, -0.25) is 9.00 Å². The molecule has 1 aliphatic rings. The first-order chi connectivity index (χ1) is 8.13. The number of nitrogens with one attached hydrogen (secondary N) is 1. The van der Waals surface area contributed by atoms with Gasteiger partial charge in [-0.25, -0.2) is 4.79 Å². The van der Waals surface area contributed by atoms with Crippen molar-refractivity contribution in [1.82, 2.24) is 5.32 Å². The molecule has 1 unspecified atom stereocenters. The molecule has 0 radical (unpaired) electrons. The van der Waals surface area contributed by atoms with E-state index in [1.165, 1.54) is 0 Å². The van der Waals surface area contributed by atoms with E-state index in [1.54, 1.807) is 0 Å². The number of cyclic esters (lactones) is 1. The lowest BCUT2D eigenvalue weighted by Gasteiger charge is -2.08. The third kappa shape index (κ3) is 5.30. The lowest BCUT2D eigenvalue weighted by atomic mass is 10.2. The molecule has 98 valence electrons. The van der Waals surface area contributed by atoms with Crippen LogP contribution in [-0.4, -0.2) is 40.2 Å². The maximum atomic E-state index is 11.5. The Morgan fingerprint density at radius 1 is 1.53 bits per heavy atom. The summed E-state index contributed by atoms with van der Waals surface area (Å²) in [6.07, 6.45) is 3.48. The van der Waals surface area contributed by atoms with Gasteiger partial charge in [0.25, 0.3) is 0 Å². The van der Waals surface area contributed by atoms with Crippen LogP contribution >= 0.6 is 0 Å². The second-order valence-corrected chi connectivity index (χ2v) is 5.65. The van der Waals surface area contributed by atoms with Crippen LogP contribution in [0.4, 0.5) is 0 Å². The second-order valence-electron chi connectivity index (χ2n) is 4.07. The number of carbonyl (C=O) groups is 2. The number of ether oxygens (including phenoxy) is 1. The molecule has 0 bridgehead atoms. The van der Waals surface area contributed by atoms with Crippen molar-refractivity contribution in [1.29, 1.82) is 0 Å². The van der Waals surface area contributed by atoms with Crippen LogP contribution in [-0.2, 0) is 25.1 Å². The zero-order valence-electron chi connectivity index (χ0n) is 10.1. The summed E-state index contributed by atoms with van der Waals surface area (Å²) in [6.45, 7) is 2.42. The Hall–Kier alpha value is -0.910. The maximum absolute atomic E-state index is 11.5. The van der Waals surface area contributed by atoms with Crippen molar-refractivity contribution < 1.29 is 18.5 Å². The van der Waals surface area contributed by atoms with Crippen molar-refractivity contribution in [3.63, 3.8) is 0 Å². The monoisotopic (exact) mass is 261 g/mol. The van der Waals surface area contributed by atoms with Crippen LogP contribution in [0, 0.1) is 0 Å². The SMILES string of the molecule is CCCCCS(=O)CC(=O)N[C@H]1CCOC1=O. The van der Waals surface area contributed by atoms with E-state index in [9.17, 15) is 13.8 Å². The van der Waals surface area contributed by atoms with Gasteiger partial charge in [0.2, 0.25) is 5.91 Å². The Balaban J connectivity index is 2.20. The molecule has 1 fully saturated rings. The molecule has 0 spiro atoms. The summed E-state index contributed by atoms with van der Waals surface area (Å²) in [5.41, 5.74) is 0. The van der Waals surface area contributed by atoms with E-state index < -0.39 is 22.8 Å². The van der Waals surface area contributed by atoms with Gasteiger partial charge in [0.15, 0.2) is 0 Å². The predicted molar refractivity (Wildman–Crippen MR) is 64.9 cm³/mol. The highest BCUT2D eigenvalue weighted by Crippen LogP contribution is 2.05. The van der Waals surface area contributed by atoms with E-state index in [-0.39, 0.29) is 11.7 Å². The molecule has 1 rings (SSSR count). The lowest BCUT2D eigenvalue weighted by molar-refractivity contribution is -0.141. The van der Waals surface area contributed by atoms with Crippen LogP contribution < -0.4 is 5.32 Å². The van der Waals surface area contributed by atoms with Gasteiger partial charge in [-0.15, -0.1) is 0 Å². The summed E-state index contributed by atoms with van der Waals surface area (Å²) in [4.78, 5) is 22.6. The van der Waals surface area contributed by atoms with Crippen molar-refractivity contribution in [2.24, 2.45) is 0 Å². The fraction of sp³-hybridized carbons (Fsp3) is 0.818. The molecule has 1 aliphatic heterocycles. The highest BCUT2D eigenvalue weighted by molar-refractivity contribution is 7.85. The van der Waals surface area contributed by atoms with Gasteiger partial charge in [0.05, 0.1) is 6.61 Å². The Labute approximate surface area is 104 Å². The fourth-order valence-corrected chi connectivity index (χ4v) is 2.64. The molecule has 0 aliphatic carbocycles. The van der Waals surface area contributed by atoms with Gasteiger partial charge in [-0.05, 0) is 6.42 Å². The molecule has 1 heterocycles. The van der Waals surface area contributed by atoms with Gasteiger partial charge in [0, 0.05) is 23.0 Å². The molecule has 1 amide bonds. The van der Waals surface area contributed by atoms with E-state index in [1.807, 2.05) is 0 Å². The van der Waals surface area contributed by atoms with E-state index in [2.05, 4.69) is 12.2 Å². The average molecular weight is 261 g/mol. The molecule has 0 aromatic rings. The molecular formula is C11H19NO4S. The molecule has 0 saturated carbocycles. The maximum Gasteiger partial charge on any atom is 0.328 e. The standard InChI is InChI=1S/C11H19NO4S/c1-2-3-4-7-17(15)8-10(13)12-9-5-6-16-11(9)14/h9H,2-8H2,1H3,(H,12,13)/t9-,17?/m0/s1. The Morgan fingerprint density at radius 2 is 2.29 bits per heavy atom. The van der Waals surface area contributed by atoms with Gasteiger partial charge in [-0.1, -0.05) is 19.8 Å². The van der Waals surface area contributed by atoms with Crippen molar-refractivity contribution >= 4 is 22.7 Å². The zero-order valence-corrected chi connectivity index (χ0v) is 10.9. The fourth-order valence-electron chi connectivity index (χ4n) is 1.59. The van der Waals surface area contributed by atoms with Crippen molar-refractivity contribution in [3.05, 3.63) is 0 Å². The third-order valence-electron chi connectivity index (χ3n) is 2.54. The largest absolute Gasteiger partial charge is 0.464 e. The number of amides is 1. The quantitative estimate of drug-likeness (QED) is 0.530. The lowest BCUT2D eigenvalue weighted by Crippen LogP contribution is -2.40. The summed E-state index contributed by atoms with van der Waals surface area (Å²) >= 11 is 0. The first-order valence-electron chi connectivity index (χ1n) is 5.94. The molecule has 2 atom stereocenters. The molecule has 1 saturated heterocycles. The topological polar surface area (TPSA) is 72.5 Å². The normalized spacial score (nSPS) is 21.0. The van der Waals surface area contributed by atoms with Crippen molar-refractivity contribution in [2.45, 2.75) is 38.6 Å². The minimum Gasteiger partial charge on any atom is -0.464 e. The molecule has 1 N–H and O–H groups in total. The molecule has 0 aromatic carbocycles. The molecule has 6 heteroatoms. The minimum atomic E-state index is -1.13. The van der Waals surface area contributed by atoms with Crippen LogP contribution in [0.15, 0.2) is 0 Å². The minimum absolute atomic E-state index is 0.0203. The van der Waals surface area contributed by atoms with Crippen LogP contribution in [0.25, 0.3) is 0 Å². The van der Waals surface area contributed by atoms with Crippen molar-refractivity contribution in [2.75, 3.05) is 18.1 Å². The Kier molecular flexibility index (Phi) is 6.18. The molecule has 5 nitrogen and oxygen atoms in total. The van der Waals surface area contributed by atoms with Gasteiger partial charge in [-0.2, -0.15) is 0 Å². The number of rotatable bonds is 7. The number of hydrogen-bond donors (Lipinski definition) is 1. The number of esters is 1. The first kappa shape index (κ1) is 14.2.